The van der Waals surface area contributed by atoms with Crippen molar-refractivity contribution in [1.29, 1.82) is 5.39 Å². The molecule has 3 nitrogen and oxygen atoms in total. The Hall–Kier alpha value is -2.60. The van der Waals surface area contributed by atoms with E-state index in [4.69, 9.17) is 5.39 Å². The third kappa shape index (κ3) is 1.47. The minimum atomic E-state index is 0.498. The highest BCUT2D eigenvalue weighted by atomic mass is 15.0. The SMILES string of the molecule is N#[N+]c1[nH]c2ccccc2c1-c1ccccc1. The molecule has 0 spiro atoms. The summed E-state index contributed by atoms with van der Waals surface area (Å²) >= 11 is 0. The largest absolute Gasteiger partial charge is 0.431 e. The molecule has 3 rings (SSSR count). The predicted molar refractivity (Wildman–Crippen MR) is 68.5 cm³/mol. The second-order valence-corrected chi connectivity index (χ2v) is 3.86. The van der Waals surface area contributed by atoms with Gasteiger partial charge in [0.25, 0.3) is 0 Å². The number of nitrogens with zero attached hydrogens (tertiary/aromatic N) is 2. The van der Waals surface area contributed by atoms with Crippen molar-refractivity contribution >= 4 is 16.7 Å². The van der Waals surface area contributed by atoms with Crippen molar-refractivity contribution in [2.24, 2.45) is 0 Å². The minimum absolute atomic E-state index is 0.498. The van der Waals surface area contributed by atoms with Gasteiger partial charge in [-0.3, -0.25) is 0 Å². The topological polar surface area (TPSA) is 43.9 Å². The zero-order chi connectivity index (χ0) is 11.7. The summed E-state index contributed by atoms with van der Waals surface area (Å²) < 4.78 is 0. The van der Waals surface area contributed by atoms with Crippen LogP contribution in [0.1, 0.15) is 0 Å². The van der Waals surface area contributed by atoms with Crippen molar-refractivity contribution in [3.05, 3.63) is 59.6 Å². The van der Waals surface area contributed by atoms with Gasteiger partial charge in [-0.1, -0.05) is 42.5 Å². The zero-order valence-corrected chi connectivity index (χ0v) is 9.09. The summed E-state index contributed by atoms with van der Waals surface area (Å²) in [6.45, 7) is 0. The number of diazo groups is 1. The third-order valence-electron chi connectivity index (χ3n) is 2.85. The lowest BCUT2D eigenvalue weighted by molar-refractivity contribution is 1.40. The van der Waals surface area contributed by atoms with Crippen molar-refractivity contribution < 1.29 is 0 Å². The van der Waals surface area contributed by atoms with Crippen LogP contribution in [0.5, 0.6) is 0 Å². The molecule has 0 saturated carbocycles. The maximum Gasteiger partial charge on any atom is 0.431 e. The van der Waals surface area contributed by atoms with Crippen LogP contribution in [0, 0.1) is 5.39 Å². The van der Waals surface area contributed by atoms with Crippen LogP contribution in [0.4, 0.5) is 5.82 Å². The smallest absolute Gasteiger partial charge is 0.222 e. The summed E-state index contributed by atoms with van der Waals surface area (Å²) in [4.78, 5) is 6.42. The van der Waals surface area contributed by atoms with Crippen molar-refractivity contribution in [3.8, 4) is 11.1 Å². The first-order valence-corrected chi connectivity index (χ1v) is 5.41. The lowest BCUT2D eigenvalue weighted by Gasteiger charge is -1.95. The summed E-state index contributed by atoms with van der Waals surface area (Å²) in [5.74, 6) is 0.498. The van der Waals surface area contributed by atoms with E-state index in [1.54, 1.807) is 0 Å². The molecule has 0 fully saturated rings. The maximum atomic E-state index is 9.07. The molecule has 3 heteroatoms. The molecular formula is C14H10N3+. The molecule has 0 atom stereocenters. The van der Waals surface area contributed by atoms with Crippen LogP contribution in [0.3, 0.4) is 0 Å². The molecule has 17 heavy (non-hydrogen) atoms. The van der Waals surface area contributed by atoms with Gasteiger partial charge in [0.05, 0.1) is 5.39 Å². The maximum absolute atomic E-state index is 9.07. The van der Waals surface area contributed by atoms with Crippen molar-refractivity contribution in [2.45, 2.75) is 0 Å². The lowest BCUT2D eigenvalue weighted by Crippen LogP contribution is -1.74. The van der Waals surface area contributed by atoms with Crippen molar-refractivity contribution in [3.63, 3.8) is 0 Å². The van der Waals surface area contributed by atoms with Crippen molar-refractivity contribution in [2.75, 3.05) is 0 Å². The average Bonchev–Trinajstić information content (AvgIpc) is 2.78. The number of aromatic nitrogens is 1. The first-order valence-electron chi connectivity index (χ1n) is 5.41. The number of hydrogen-bond donors (Lipinski definition) is 1. The number of benzene rings is 2. The summed E-state index contributed by atoms with van der Waals surface area (Å²) in [5, 5.41) is 10.1. The summed E-state index contributed by atoms with van der Waals surface area (Å²) in [6.07, 6.45) is 0. The van der Waals surface area contributed by atoms with Gasteiger partial charge in [0, 0.05) is 10.4 Å². The lowest BCUT2D eigenvalue weighted by atomic mass is 10.0. The number of nitrogens with one attached hydrogen (secondary N) is 1. The molecule has 0 aliphatic carbocycles. The Morgan fingerprint density at radius 3 is 2.35 bits per heavy atom. The highest BCUT2D eigenvalue weighted by molar-refractivity contribution is 6.02. The van der Waals surface area contributed by atoms with Gasteiger partial charge in [0.15, 0.2) is 0 Å². The molecule has 1 N–H and O–H groups in total. The van der Waals surface area contributed by atoms with Gasteiger partial charge < -0.3 is 0 Å². The fraction of sp³-hybridized carbons (Fsp3) is 0. The molecule has 0 saturated heterocycles. The van der Waals surface area contributed by atoms with E-state index in [1.807, 2.05) is 54.6 Å². The Morgan fingerprint density at radius 2 is 1.59 bits per heavy atom. The molecule has 1 aromatic heterocycles. The van der Waals surface area contributed by atoms with Gasteiger partial charge in [-0.25, -0.2) is 4.98 Å². The van der Waals surface area contributed by atoms with Gasteiger partial charge in [-0.2, -0.15) is 0 Å². The number of H-pyrrole nitrogens is 1. The predicted octanol–water partition coefficient (Wildman–Crippen LogP) is 4.32. The van der Waals surface area contributed by atoms with E-state index in [0.717, 1.165) is 22.0 Å². The normalized spacial score (nSPS) is 10.3. The van der Waals surface area contributed by atoms with Crippen LogP contribution in [0.15, 0.2) is 54.6 Å². The summed E-state index contributed by atoms with van der Waals surface area (Å²) in [5.41, 5.74) is 2.95. The Balaban J connectivity index is 2.39. The Bertz CT molecular complexity index is 705. The molecule has 3 aromatic rings. The molecule has 0 bridgehead atoms. The second-order valence-electron chi connectivity index (χ2n) is 3.86. The summed E-state index contributed by atoms with van der Waals surface area (Å²) in [7, 11) is 0. The van der Waals surface area contributed by atoms with Crippen LogP contribution in [0.25, 0.3) is 27.0 Å². The van der Waals surface area contributed by atoms with Crippen LogP contribution in [0.2, 0.25) is 0 Å². The monoisotopic (exact) mass is 220 g/mol. The molecule has 0 radical (unpaired) electrons. The number of para-hydroxylation sites is 1. The van der Waals surface area contributed by atoms with E-state index in [9.17, 15) is 0 Å². The van der Waals surface area contributed by atoms with Gasteiger partial charge in [-0.05, 0) is 17.7 Å². The van der Waals surface area contributed by atoms with Crippen LogP contribution >= 0.6 is 0 Å². The molecule has 1 heterocycles. The number of aromatic amines is 1. The molecule has 80 valence electrons. The number of fused-ring (bicyclic) bond motifs is 1. The van der Waals surface area contributed by atoms with Gasteiger partial charge in [-0.15, -0.1) is 0 Å². The molecular weight excluding hydrogens is 210 g/mol. The van der Waals surface area contributed by atoms with Crippen LogP contribution in [-0.2, 0) is 0 Å². The van der Waals surface area contributed by atoms with Gasteiger partial charge in [0.1, 0.15) is 11.1 Å². The summed E-state index contributed by atoms with van der Waals surface area (Å²) in [6, 6.07) is 17.8. The van der Waals surface area contributed by atoms with E-state index in [0.29, 0.717) is 5.82 Å². The van der Waals surface area contributed by atoms with E-state index in [2.05, 4.69) is 9.96 Å². The highest BCUT2D eigenvalue weighted by Crippen LogP contribution is 2.36. The number of rotatable bonds is 1. The Morgan fingerprint density at radius 1 is 0.882 bits per heavy atom. The molecule has 2 aromatic carbocycles. The number of hydrogen-bond acceptors (Lipinski definition) is 1. The highest BCUT2D eigenvalue weighted by Gasteiger charge is 2.21. The van der Waals surface area contributed by atoms with E-state index < -0.39 is 0 Å². The van der Waals surface area contributed by atoms with Crippen LogP contribution in [-0.4, -0.2) is 4.98 Å². The molecule has 0 unspecified atom stereocenters. The second kappa shape index (κ2) is 3.76. The Labute approximate surface area is 98.3 Å². The fourth-order valence-electron chi connectivity index (χ4n) is 2.10. The van der Waals surface area contributed by atoms with Crippen LogP contribution < -0.4 is 0 Å². The first kappa shape index (κ1) is 9.61. The molecule has 0 aliphatic heterocycles. The zero-order valence-electron chi connectivity index (χ0n) is 9.09. The van der Waals surface area contributed by atoms with E-state index in [-0.39, 0.29) is 0 Å². The van der Waals surface area contributed by atoms with E-state index in [1.165, 1.54) is 0 Å². The minimum Gasteiger partial charge on any atom is -0.222 e. The third-order valence-corrected chi connectivity index (χ3v) is 2.85. The molecule has 0 aliphatic rings. The fourth-order valence-corrected chi connectivity index (χ4v) is 2.10. The van der Waals surface area contributed by atoms with Crippen molar-refractivity contribution in [1.82, 2.24) is 4.98 Å². The first-order chi connectivity index (χ1) is 8.40. The van der Waals surface area contributed by atoms with Gasteiger partial charge in [0.2, 0.25) is 0 Å². The molecule has 0 amide bonds. The standard InChI is InChI=1S/C14H10N3/c15-17-14-13(10-6-2-1-3-7-10)11-8-4-5-9-12(11)16-14/h1-9,16H/q+1. The quantitative estimate of drug-likeness (QED) is 0.610. The average molecular weight is 220 g/mol. The van der Waals surface area contributed by atoms with E-state index >= 15 is 0 Å². The van der Waals surface area contributed by atoms with Gasteiger partial charge >= 0.3 is 5.82 Å². The Kier molecular flexibility index (Phi) is 2.13.